The van der Waals surface area contributed by atoms with E-state index in [1.165, 1.54) is 12.1 Å². The number of nitrogen functional groups attached to an aromatic ring is 1. The molecule has 2 aromatic rings. The highest BCUT2D eigenvalue weighted by molar-refractivity contribution is 6.35. The third-order valence-electron chi connectivity index (χ3n) is 1.96. The van der Waals surface area contributed by atoms with Crippen LogP contribution in [0, 0.1) is 12.7 Å². The van der Waals surface area contributed by atoms with Gasteiger partial charge in [-0.3, -0.25) is 0 Å². The van der Waals surface area contributed by atoms with E-state index in [0.717, 1.165) is 5.56 Å². The SMILES string of the molecule is Cc1cc(F)cc(-c2onc(N)c2Cl)c1. The zero-order valence-electron chi connectivity index (χ0n) is 7.92. The van der Waals surface area contributed by atoms with Crippen LogP contribution in [0.15, 0.2) is 22.7 Å². The summed E-state index contributed by atoms with van der Waals surface area (Å²) in [4.78, 5) is 0. The van der Waals surface area contributed by atoms with Crippen LogP contribution in [0.5, 0.6) is 0 Å². The van der Waals surface area contributed by atoms with Crippen molar-refractivity contribution < 1.29 is 8.91 Å². The lowest BCUT2D eigenvalue weighted by Crippen LogP contribution is -1.84. The van der Waals surface area contributed by atoms with Gasteiger partial charge in [0.05, 0.1) is 0 Å². The summed E-state index contributed by atoms with van der Waals surface area (Å²) < 4.78 is 18.0. The van der Waals surface area contributed by atoms with Crippen LogP contribution in [0.25, 0.3) is 11.3 Å². The van der Waals surface area contributed by atoms with Crippen molar-refractivity contribution in [1.29, 1.82) is 0 Å². The second-order valence-electron chi connectivity index (χ2n) is 3.23. The van der Waals surface area contributed by atoms with Crippen molar-refractivity contribution >= 4 is 17.4 Å². The van der Waals surface area contributed by atoms with Gasteiger partial charge in [-0.25, -0.2) is 4.39 Å². The Kier molecular flexibility index (Phi) is 2.36. The first-order chi connectivity index (χ1) is 7.08. The molecule has 5 heteroatoms. The number of rotatable bonds is 1. The van der Waals surface area contributed by atoms with Crippen LogP contribution in [-0.2, 0) is 0 Å². The molecule has 0 aliphatic rings. The van der Waals surface area contributed by atoms with Crippen molar-refractivity contribution in [2.24, 2.45) is 0 Å². The number of hydrogen-bond donors (Lipinski definition) is 1. The van der Waals surface area contributed by atoms with Gasteiger partial charge in [0.15, 0.2) is 11.6 Å². The van der Waals surface area contributed by atoms with Crippen LogP contribution in [0.1, 0.15) is 5.56 Å². The Labute approximate surface area is 90.6 Å². The Morgan fingerprint density at radius 2 is 2.13 bits per heavy atom. The minimum atomic E-state index is -0.351. The Balaban J connectivity index is 2.58. The average molecular weight is 227 g/mol. The second kappa shape index (κ2) is 3.55. The second-order valence-corrected chi connectivity index (χ2v) is 3.61. The maximum Gasteiger partial charge on any atom is 0.187 e. The van der Waals surface area contributed by atoms with Gasteiger partial charge in [-0.2, -0.15) is 0 Å². The van der Waals surface area contributed by atoms with E-state index in [1.807, 2.05) is 0 Å². The molecule has 78 valence electrons. The lowest BCUT2D eigenvalue weighted by Gasteiger charge is -1.99. The zero-order valence-corrected chi connectivity index (χ0v) is 8.68. The van der Waals surface area contributed by atoms with Crippen LogP contribution < -0.4 is 5.73 Å². The summed E-state index contributed by atoms with van der Waals surface area (Å²) in [7, 11) is 0. The molecular weight excluding hydrogens is 219 g/mol. The van der Waals surface area contributed by atoms with E-state index in [-0.39, 0.29) is 22.4 Å². The summed E-state index contributed by atoms with van der Waals surface area (Å²) in [5.41, 5.74) is 6.73. The molecule has 0 fully saturated rings. The highest BCUT2D eigenvalue weighted by atomic mass is 35.5. The van der Waals surface area contributed by atoms with Crippen LogP contribution in [0.2, 0.25) is 5.02 Å². The molecule has 2 rings (SSSR count). The topological polar surface area (TPSA) is 52.0 Å². The van der Waals surface area contributed by atoms with Gasteiger partial charge in [0.2, 0.25) is 0 Å². The number of anilines is 1. The van der Waals surface area contributed by atoms with Gasteiger partial charge >= 0.3 is 0 Å². The molecule has 0 amide bonds. The molecule has 2 N–H and O–H groups in total. The number of aryl methyl sites for hydroxylation is 1. The molecule has 0 aliphatic heterocycles. The highest BCUT2D eigenvalue weighted by Crippen LogP contribution is 2.32. The molecule has 0 unspecified atom stereocenters. The fourth-order valence-corrected chi connectivity index (χ4v) is 1.52. The van der Waals surface area contributed by atoms with Crippen LogP contribution in [0.3, 0.4) is 0 Å². The van der Waals surface area contributed by atoms with Crippen LogP contribution in [0.4, 0.5) is 10.2 Å². The standard InChI is InChI=1S/C10H8ClFN2O/c1-5-2-6(4-7(12)3-5)9-8(11)10(13)14-15-9/h2-4H,1H3,(H2,13,14). The first kappa shape index (κ1) is 9.98. The van der Waals surface area contributed by atoms with Crippen LogP contribution >= 0.6 is 11.6 Å². The largest absolute Gasteiger partial charge is 0.380 e. The van der Waals surface area contributed by atoms with Crippen molar-refractivity contribution in [2.45, 2.75) is 6.92 Å². The smallest absolute Gasteiger partial charge is 0.187 e. The Bertz CT molecular complexity index is 490. The first-order valence-corrected chi connectivity index (χ1v) is 4.64. The minimum absolute atomic E-state index is 0.105. The van der Waals surface area contributed by atoms with Crippen molar-refractivity contribution in [3.8, 4) is 11.3 Å². The quantitative estimate of drug-likeness (QED) is 0.813. The predicted octanol–water partition coefficient (Wildman–Crippen LogP) is 3.02. The summed E-state index contributed by atoms with van der Waals surface area (Å²) in [5, 5.41) is 3.71. The van der Waals surface area contributed by atoms with Crippen molar-refractivity contribution in [2.75, 3.05) is 5.73 Å². The van der Waals surface area contributed by atoms with Gasteiger partial charge in [-0.15, -0.1) is 0 Å². The van der Waals surface area contributed by atoms with Crippen molar-refractivity contribution in [3.05, 3.63) is 34.6 Å². The summed E-state index contributed by atoms with van der Waals surface area (Å²) in [6.45, 7) is 1.78. The summed E-state index contributed by atoms with van der Waals surface area (Å²) in [6, 6.07) is 4.48. The van der Waals surface area contributed by atoms with E-state index in [0.29, 0.717) is 5.56 Å². The first-order valence-electron chi connectivity index (χ1n) is 4.26. The van der Waals surface area contributed by atoms with Gasteiger partial charge in [-0.05, 0) is 30.7 Å². The monoisotopic (exact) mass is 226 g/mol. The maximum atomic E-state index is 13.1. The third kappa shape index (κ3) is 1.80. The van der Waals surface area contributed by atoms with Crippen molar-refractivity contribution in [1.82, 2.24) is 5.16 Å². The third-order valence-corrected chi connectivity index (χ3v) is 2.33. The Hall–Kier alpha value is -1.55. The number of aromatic nitrogens is 1. The number of benzene rings is 1. The molecule has 1 aromatic carbocycles. The molecule has 0 radical (unpaired) electrons. The summed E-state index contributed by atoms with van der Waals surface area (Å²) >= 11 is 5.84. The molecule has 0 bridgehead atoms. The van der Waals surface area contributed by atoms with Gasteiger partial charge < -0.3 is 10.3 Å². The molecule has 0 aliphatic carbocycles. The fraction of sp³-hybridized carbons (Fsp3) is 0.100. The summed E-state index contributed by atoms with van der Waals surface area (Å²) in [6.07, 6.45) is 0. The number of nitrogens with zero attached hydrogens (tertiary/aromatic N) is 1. The van der Waals surface area contributed by atoms with Gasteiger partial charge in [0.1, 0.15) is 10.8 Å². The Morgan fingerprint density at radius 3 is 2.67 bits per heavy atom. The maximum absolute atomic E-state index is 13.1. The van der Waals surface area contributed by atoms with Gasteiger partial charge in [0.25, 0.3) is 0 Å². The predicted molar refractivity (Wildman–Crippen MR) is 56.1 cm³/mol. The Morgan fingerprint density at radius 1 is 1.40 bits per heavy atom. The van der Waals surface area contributed by atoms with E-state index in [2.05, 4.69) is 5.16 Å². The molecule has 1 aromatic heterocycles. The average Bonchev–Trinajstić information content (AvgIpc) is 2.46. The van der Waals surface area contributed by atoms with E-state index < -0.39 is 0 Å². The minimum Gasteiger partial charge on any atom is -0.380 e. The lowest BCUT2D eigenvalue weighted by molar-refractivity contribution is 0.435. The van der Waals surface area contributed by atoms with E-state index in [4.69, 9.17) is 21.9 Å². The van der Waals surface area contributed by atoms with Crippen molar-refractivity contribution in [3.63, 3.8) is 0 Å². The van der Waals surface area contributed by atoms with Gasteiger partial charge in [-0.1, -0.05) is 16.8 Å². The lowest BCUT2D eigenvalue weighted by atomic mass is 10.1. The molecule has 1 heterocycles. The molecule has 0 atom stereocenters. The highest BCUT2D eigenvalue weighted by Gasteiger charge is 2.14. The molecule has 3 nitrogen and oxygen atoms in total. The van der Waals surface area contributed by atoms with Crippen LogP contribution in [-0.4, -0.2) is 5.16 Å². The molecule has 15 heavy (non-hydrogen) atoms. The fourth-order valence-electron chi connectivity index (χ4n) is 1.34. The number of halogens is 2. The van der Waals surface area contributed by atoms with E-state index >= 15 is 0 Å². The molecule has 0 saturated carbocycles. The number of hydrogen-bond acceptors (Lipinski definition) is 3. The van der Waals surface area contributed by atoms with Gasteiger partial charge in [0, 0.05) is 5.56 Å². The molecular formula is C10H8ClFN2O. The van der Waals surface area contributed by atoms with E-state index in [9.17, 15) is 4.39 Å². The summed E-state index contributed by atoms with van der Waals surface area (Å²) in [5.74, 6) is 0.0429. The normalized spacial score (nSPS) is 10.6. The molecule has 0 spiro atoms. The zero-order chi connectivity index (χ0) is 11.0. The number of nitrogens with two attached hydrogens (primary N) is 1. The van der Waals surface area contributed by atoms with E-state index in [1.54, 1.807) is 13.0 Å². The molecule has 0 saturated heterocycles.